The van der Waals surface area contributed by atoms with Crippen molar-refractivity contribution in [3.05, 3.63) is 75.5 Å². The SMILES string of the molecule is C/C=C\c1ccc2n(c1=O)C[C@@H]1[C@@H](CO)[C@H](C(=O)NCc3ccc(F)cc3)[C@H]2N1CCC. The highest BCUT2D eigenvalue weighted by molar-refractivity contribution is 5.80. The van der Waals surface area contributed by atoms with E-state index in [-0.39, 0.29) is 48.4 Å². The summed E-state index contributed by atoms with van der Waals surface area (Å²) >= 11 is 0. The van der Waals surface area contributed by atoms with E-state index in [1.807, 2.05) is 25.1 Å². The first kappa shape index (κ1) is 22.4. The zero-order chi connectivity index (χ0) is 22.8. The van der Waals surface area contributed by atoms with E-state index in [0.717, 1.165) is 24.2 Å². The molecule has 0 unspecified atom stereocenters. The quantitative estimate of drug-likeness (QED) is 0.696. The lowest BCUT2D eigenvalue weighted by Crippen LogP contribution is -2.47. The molecular weight excluding hydrogens is 409 g/mol. The zero-order valence-electron chi connectivity index (χ0n) is 18.5. The number of nitrogens with zero attached hydrogens (tertiary/aromatic N) is 2. The molecule has 2 aromatic rings. The summed E-state index contributed by atoms with van der Waals surface area (Å²) in [7, 11) is 0. The summed E-state index contributed by atoms with van der Waals surface area (Å²) in [6, 6.07) is 9.44. The molecule has 6 nitrogen and oxygen atoms in total. The average molecular weight is 440 g/mol. The summed E-state index contributed by atoms with van der Waals surface area (Å²) in [5.41, 5.74) is 2.19. The number of benzene rings is 1. The van der Waals surface area contributed by atoms with E-state index in [0.29, 0.717) is 12.1 Å². The van der Waals surface area contributed by atoms with Crippen molar-refractivity contribution in [2.75, 3.05) is 13.2 Å². The molecule has 3 heterocycles. The Hall–Kier alpha value is -2.77. The fourth-order valence-corrected chi connectivity index (χ4v) is 5.32. The first-order valence-corrected chi connectivity index (χ1v) is 11.2. The molecule has 7 heteroatoms. The van der Waals surface area contributed by atoms with Gasteiger partial charge in [-0.15, -0.1) is 0 Å². The van der Waals surface area contributed by atoms with Crippen molar-refractivity contribution in [3.8, 4) is 0 Å². The van der Waals surface area contributed by atoms with Crippen LogP contribution in [0.3, 0.4) is 0 Å². The summed E-state index contributed by atoms with van der Waals surface area (Å²) in [5.74, 6) is -1.22. The largest absolute Gasteiger partial charge is 0.396 e. The van der Waals surface area contributed by atoms with Gasteiger partial charge in [-0.1, -0.05) is 31.2 Å². The van der Waals surface area contributed by atoms with E-state index >= 15 is 0 Å². The van der Waals surface area contributed by atoms with Gasteiger partial charge >= 0.3 is 0 Å². The summed E-state index contributed by atoms with van der Waals surface area (Å²) in [4.78, 5) is 28.8. The summed E-state index contributed by atoms with van der Waals surface area (Å²) in [6.07, 6.45) is 4.55. The van der Waals surface area contributed by atoms with Crippen LogP contribution in [0, 0.1) is 17.7 Å². The van der Waals surface area contributed by atoms with Gasteiger partial charge in [0.25, 0.3) is 5.56 Å². The summed E-state index contributed by atoms with van der Waals surface area (Å²) < 4.78 is 15.0. The topological polar surface area (TPSA) is 74.6 Å². The molecule has 2 aliphatic rings. The number of amides is 1. The van der Waals surface area contributed by atoms with Crippen LogP contribution in [-0.2, 0) is 17.9 Å². The maximum Gasteiger partial charge on any atom is 0.258 e. The number of allylic oxidation sites excluding steroid dienone is 1. The van der Waals surface area contributed by atoms with Crippen molar-refractivity contribution in [1.29, 1.82) is 0 Å². The highest BCUT2D eigenvalue weighted by Crippen LogP contribution is 2.48. The molecular formula is C25H30FN3O3. The number of carbonyl (C=O) groups excluding carboxylic acids is 1. The number of aliphatic hydroxyl groups excluding tert-OH is 1. The van der Waals surface area contributed by atoms with Crippen molar-refractivity contribution >= 4 is 12.0 Å². The van der Waals surface area contributed by atoms with E-state index in [2.05, 4.69) is 17.1 Å². The molecule has 170 valence electrons. The highest BCUT2D eigenvalue weighted by atomic mass is 19.1. The second kappa shape index (κ2) is 9.38. The van der Waals surface area contributed by atoms with Crippen LogP contribution >= 0.6 is 0 Å². The Morgan fingerprint density at radius 2 is 2.00 bits per heavy atom. The van der Waals surface area contributed by atoms with Gasteiger partial charge in [0, 0.05) is 42.9 Å². The van der Waals surface area contributed by atoms with E-state index in [9.17, 15) is 19.1 Å². The molecule has 1 amide bonds. The van der Waals surface area contributed by atoms with Crippen LogP contribution < -0.4 is 10.9 Å². The van der Waals surface area contributed by atoms with Crippen molar-refractivity contribution in [1.82, 2.24) is 14.8 Å². The Morgan fingerprint density at radius 1 is 1.25 bits per heavy atom. The number of carbonyl (C=O) groups is 1. The fraction of sp³-hybridized carbons (Fsp3) is 0.440. The Kier molecular flexibility index (Phi) is 6.58. The first-order chi connectivity index (χ1) is 15.5. The van der Waals surface area contributed by atoms with Gasteiger partial charge in [-0.2, -0.15) is 0 Å². The summed E-state index contributed by atoms with van der Waals surface area (Å²) in [5, 5.41) is 13.3. The number of pyridine rings is 1. The van der Waals surface area contributed by atoms with Crippen LogP contribution in [0.4, 0.5) is 4.39 Å². The number of fused-ring (bicyclic) bond motifs is 4. The molecule has 0 radical (unpaired) electrons. The molecule has 32 heavy (non-hydrogen) atoms. The van der Waals surface area contributed by atoms with Crippen LogP contribution in [0.5, 0.6) is 0 Å². The molecule has 1 aromatic heterocycles. The monoisotopic (exact) mass is 439 g/mol. The molecule has 1 aromatic carbocycles. The predicted octanol–water partition coefficient (Wildman–Crippen LogP) is 2.71. The van der Waals surface area contributed by atoms with Crippen molar-refractivity contribution in [2.24, 2.45) is 11.8 Å². The van der Waals surface area contributed by atoms with E-state index < -0.39 is 5.92 Å². The van der Waals surface area contributed by atoms with E-state index in [1.54, 1.807) is 22.8 Å². The standard InChI is InChI=1S/C25H30FN3O3/c1-3-5-17-8-11-20-23-22(24(31)27-13-16-6-9-18(26)10-7-16)19(15-30)21(28(23)12-4-2)14-29(20)25(17)32/h3,5-11,19,21-23,30H,4,12-15H2,1-2H3,(H,27,31)/b5-3-/t19-,21-,22+,23+/m1/s1. The second-order valence-electron chi connectivity index (χ2n) is 8.60. The number of rotatable bonds is 7. The van der Waals surface area contributed by atoms with Gasteiger partial charge in [-0.05, 0) is 49.7 Å². The van der Waals surface area contributed by atoms with Crippen LogP contribution in [0.1, 0.15) is 43.1 Å². The first-order valence-electron chi connectivity index (χ1n) is 11.2. The molecule has 4 atom stereocenters. The number of hydrogen-bond acceptors (Lipinski definition) is 4. The third-order valence-corrected chi connectivity index (χ3v) is 6.71. The lowest BCUT2D eigenvalue weighted by Gasteiger charge is -2.38. The fourth-order valence-electron chi connectivity index (χ4n) is 5.32. The minimum Gasteiger partial charge on any atom is -0.396 e. The Bertz CT molecular complexity index is 1060. The smallest absolute Gasteiger partial charge is 0.258 e. The van der Waals surface area contributed by atoms with Gasteiger partial charge in [0.2, 0.25) is 5.91 Å². The van der Waals surface area contributed by atoms with Crippen LogP contribution in [0.25, 0.3) is 6.08 Å². The minimum atomic E-state index is -0.474. The number of aromatic nitrogens is 1. The molecule has 0 aliphatic carbocycles. The van der Waals surface area contributed by atoms with E-state index in [4.69, 9.17) is 0 Å². The van der Waals surface area contributed by atoms with Crippen molar-refractivity contribution in [2.45, 2.75) is 45.4 Å². The molecule has 0 saturated carbocycles. The van der Waals surface area contributed by atoms with Gasteiger partial charge in [-0.3, -0.25) is 14.5 Å². The van der Waals surface area contributed by atoms with Crippen molar-refractivity contribution < 1.29 is 14.3 Å². The van der Waals surface area contributed by atoms with Gasteiger partial charge < -0.3 is 15.0 Å². The lowest BCUT2D eigenvalue weighted by molar-refractivity contribution is -0.127. The highest BCUT2D eigenvalue weighted by Gasteiger charge is 2.55. The maximum atomic E-state index is 13.4. The van der Waals surface area contributed by atoms with Gasteiger partial charge in [0.1, 0.15) is 5.82 Å². The Balaban J connectivity index is 1.68. The third kappa shape index (κ3) is 3.91. The minimum absolute atomic E-state index is 0.0594. The molecule has 2 N–H and O–H groups in total. The second-order valence-corrected chi connectivity index (χ2v) is 8.60. The molecule has 1 saturated heterocycles. The molecule has 2 bridgehead atoms. The van der Waals surface area contributed by atoms with Crippen LogP contribution in [-0.4, -0.2) is 39.7 Å². The van der Waals surface area contributed by atoms with Gasteiger partial charge in [0.15, 0.2) is 0 Å². The molecule has 2 aliphatic heterocycles. The van der Waals surface area contributed by atoms with Gasteiger partial charge in [-0.25, -0.2) is 4.39 Å². The number of hydrogen-bond donors (Lipinski definition) is 2. The molecule has 4 rings (SSSR count). The predicted molar refractivity (Wildman–Crippen MR) is 121 cm³/mol. The zero-order valence-corrected chi connectivity index (χ0v) is 18.5. The summed E-state index contributed by atoms with van der Waals surface area (Å²) in [6.45, 7) is 5.38. The number of halogens is 1. The van der Waals surface area contributed by atoms with Crippen LogP contribution in [0.2, 0.25) is 0 Å². The van der Waals surface area contributed by atoms with Crippen LogP contribution in [0.15, 0.2) is 47.3 Å². The third-order valence-electron chi connectivity index (χ3n) is 6.71. The maximum absolute atomic E-state index is 13.4. The molecule has 1 fully saturated rings. The lowest BCUT2D eigenvalue weighted by atomic mass is 9.86. The number of aliphatic hydroxyl groups is 1. The Morgan fingerprint density at radius 3 is 2.66 bits per heavy atom. The molecule has 0 spiro atoms. The number of nitrogens with one attached hydrogen (secondary N) is 1. The average Bonchev–Trinajstić information content (AvgIpc) is 3.00. The Labute approximate surface area is 187 Å². The normalized spacial score (nSPS) is 24.6. The van der Waals surface area contributed by atoms with Gasteiger partial charge in [0.05, 0.1) is 12.0 Å². The van der Waals surface area contributed by atoms with E-state index in [1.165, 1.54) is 12.1 Å². The van der Waals surface area contributed by atoms with Crippen molar-refractivity contribution in [3.63, 3.8) is 0 Å².